The molecule has 0 spiro atoms. The molecule has 1 aromatic rings. The Balaban J connectivity index is 1.70. The molecule has 6 heteroatoms. The molecular weight excluding hydrogens is 246 g/mol. The molecule has 3 rings (SSSR count). The lowest BCUT2D eigenvalue weighted by atomic mass is 10.1. The monoisotopic (exact) mass is 265 g/mol. The maximum absolute atomic E-state index is 12.0. The average Bonchev–Trinajstić information content (AvgIpc) is 2.68. The van der Waals surface area contributed by atoms with Crippen LogP contribution >= 0.6 is 0 Å². The number of nitrogens with zero attached hydrogens (tertiary/aromatic N) is 3. The molecule has 0 unspecified atom stereocenters. The normalized spacial score (nSPS) is 29.3. The lowest BCUT2D eigenvalue weighted by Crippen LogP contribution is -2.37. The van der Waals surface area contributed by atoms with Gasteiger partial charge in [0.15, 0.2) is 5.82 Å². The molecule has 1 aromatic heterocycles. The Morgan fingerprint density at radius 2 is 2.26 bits per heavy atom. The number of piperidine rings is 1. The summed E-state index contributed by atoms with van der Waals surface area (Å²) in [6, 6.07) is 0. The molecule has 0 aromatic carbocycles. The number of carbonyl (C=O) groups excluding carboxylic acids is 1. The van der Waals surface area contributed by atoms with Crippen LogP contribution in [0, 0.1) is 12.8 Å². The largest absolute Gasteiger partial charge is 0.444 e. The molecular formula is C13H19N3O3. The van der Waals surface area contributed by atoms with E-state index in [0.29, 0.717) is 24.2 Å². The van der Waals surface area contributed by atoms with Crippen LogP contribution in [0.25, 0.3) is 0 Å². The van der Waals surface area contributed by atoms with Crippen molar-refractivity contribution in [2.45, 2.75) is 45.1 Å². The van der Waals surface area contributed by atoms with Crippen molar-refractivity contribution in [3.05, 3.63) is 11.7 Å². The van der Waals surface area contributed by atoms with Crippen LogP contribution in [0.15, 0.2) is 4.52 Å². The molecule has 2 fully saturated rings. The van der Waals surface area contributed by atoms with Gasteiger partial charge in [0.1, 0.15) is 5.60 Å². The van der Waals surface area contributed by atoms with Crippen LogP contribution in [0.5, 0.6) is 0 Å². The number of aryl methyl sites for hydroxylation is 1. The Kier molecular flexibility index (Phi) is 2.43. The van der Waals surface area contributed by atoms with Crippen molar-refractivity contribution in [2.24, 2.45) is 5.92 Å². The van der Waals surface area contributed by atoms with Crippen LogP contribution in [0.2, 0.25) is 0 Å². The SMILES string of the molecule is Cc1noc([C@@]23C[C@H]2CN(C(=O)OC(C)(C)C)C3)n1. The number of amides is 1. The van der Waals surface area contributed by atoms with E-state index in [-0.39, 0.29) is 11.5 Å². The van der Waals surface area contributed by atoms with Gasteiger partial charge in [-0.25, -0.2) is 4.79 Å². The summed E-state index contributed by atoms with van der Waals surface area (Å²) in [5.41, 5.74) is -0.573. The van der Waals surface area contributed by atoms with Crippen molar-refractivity contribution in [1.82, 2.24) is 15.0 Å². The van der Waals surface area contributed by atoms with Gasteiger partial charge in [-0.3, -0.25) is 0 Å². The molecule has 0 bridgehead atoms. The van der Waals surface area contributed by atoms with E-state index in [2.05, 4.69) is 10.1 Å². The highest BCUT2D eigenvalue weighted by Crippen LogP contribution is 2.58. The summed E-state index contributed by atoms with van der Waals surface area (Å²) >= 11 is 0. The summed E-state index contributed by atoms with van der Waals surface area (Å²) in [5, 5.41) is 3.84. The van der Waals surface area contributed by atoms with E-state index in [0.717, 1.165) is 13.0 Å². The average molecular weight is 265 g/mol. The first-order valence-electron chi connectivity index (χ1n) is 6.59. The van der Waals surface area contributed by atoms with Crippen molar-refractivity contribution in [3.63, 3.8) is 0 Å². The first-order valence-corrected chi connectivity index (χ1v) is 6.59. The minimum atomic E-state index is -0.460. The fourth-order valence-corrected chi connectivity index (χ4v) is 2.78. The van der Waals surface area contributed by atoms with Gasteiger partial charge in [0, 0.05) is 13.1 Å². The Morgan fingerprint density at radius 1 is 1.53 bits per heavy atom. The molecule has 1 saturated carbocycles. The van der Waals surface area contributed by atoms with Crippen LogP contribution in [-0.4, -0.2) is 39.8 Å². The van der Waals surface area contributed by atoms with Crippen molar-refractivity contribution < 1.29 is 14.1 Å². The smallest absolute Gasteiger partial charge is 0.410 e. The third kappa shape index (κ3) is 2.09. The van der Waals surface area contributed by atoms with E-state index in [1.54, 1.807) is 4.90 Å². The zero-order valence-corrected chi connectivity index (χ0v) is 11.8. The van der Waals surface area contributed by atoms with E-state index in [9.17, 15) is 4.79 Å². The second-order valence-electron chi connectivity index (χ2n) is 6.56. The van der Waals surface area contributed by atoms with Gasteiger partial charge in [0.05, 0.1) is 5.41 Å². The number of hydrogen-bond acceptors (Lipinski definition) is 5. The van der Waals surface area contributed by atoms with Crippen molar-refractivity contribution >= 4 is 6.09 Å². The van der Waals surface area contributed by atoms with E-state index in [1.807, 2.05) is 27.7 Å². The third-order valence-electron chi connectivity index (χ3n) is 3.75. The number of hydrogen-bond donors (Lipinski definition) is 0. The molecule has 6 nitrogen and oxygen atoms in total. The minimum Gasteiger partial charge on any atom is -0.444 e. The van der Waals surface area contributed by atoms with Gasteiger partial charge in [-0.15, -0.1) is 0 Å². The second kappa shape index (κ2) is 3.71. The standard InChI is InChI=1S/C13H19N3O3/c1-8-14-10(19-15-8)13-5-9(13)6-16(7-13)11(17)18-12(2,3)4/h9H,5-7H2,1-4H3/t9-,13+/m0/s1. The zero-order chi connectivity index (χ0) is 13.8. The van der Waals surface area contributed by atoms with Crippen LogP contribution in [0.1, 0.15) is 38.9 Å². The lowest BCUT2D eigenvalue weighted by Gasteiger charge is -2.25. The maximum Gasteiger partial charge on any atom is 0.410 e. The Hall–Kier alpha value is -1.59. The molecule has 0 N–H and O–H groups in total. The Morgan fingerprint density at radius 3 is 2.84 bits per heavy atom. The fraction of sp³-hybridized carbons (Fsp3) is 0.769. The van der Waals surface area contributed by atoms with E-state index in [4.69, 9.17) is 9.26 Å². The molecule has 1 amide bonds. The number of rotatable bonds is 1. The second-order valence-corrected chi connectivity index (χ2v) is 6.56. The minimum absolute atomic E-state index is 0.113. The molecule has 1 aliphatic heterocycles. The molecule has 104 valence electrons. The first kappa shape index (κ1) is 12.4. The Bertz CT molecular complexity index is 519. The van der Waals surface area contributed by atoms with Crippen molar-refractivity contribution in [1.29, 1.82) is 0 Å². The van der Waals surface area contributed by atoms with Gasteiger partial charge in [-0.2, -0.15) is 4.98 Å². The predicted octanol–water partition coefficient (Wildman–Crippen LogP) is 1.89. The Labute approximate surface area is 112 Å². The number of likely N-dealkylation sites (tertiary alicyclic amines) is 1. The van der Waals surface area contributed by atoms with Gasteiger partial charge >= 0.3 is 6.09 Å². The molecule has 0 radical (unpaired) electrons. The van der Waals surface area contributed by atoms with Gasteiger partial charge in [0.25, 0.3) is 0 Å². The molecule has 19 heavy (non-hydrogen) atoms. The van der Waals surface area contributed by atoms with Gasteiger partial charge in [-0.05, 0) is 40.0 Å². The van der Waals surface area contributed by atoms with Crippen LogP contribution in [-0.2, 0) is 10.2 Å². The highest BCUT2D eigenvalue weighted by Gasteiger charge is 2.65. The summed E-state index contributed by atoms with van der Waals surface area (Å²) in [7, 11) is 0. The summed E-state index contributed by atoms with van der Waals surface area (Å²) in [4.78, 5) is 18.1. The van der Waals surface area contributed by atoms with Crippen LogP contribution in [0.4, 0.5) is 4.79 Å². The molecule has 2 atom stereocenters. The number of aromatic nitrogens is 2. The topological polar surface area (TPSA) is 68.5 Å². The van der Waals surface area contributed by atoms with Gasteiger partial charge in [0.2, 0.25) is 5.89 Å². The highest BCUT2D eigenvalue weighted by molar-refractivity contribution is 5.69. The summed E-state index contributed by atoms with van der Waals surface area (Å²) in [6.07, 6.45) is 0.767. The quantitative estimate of drug-likeness (QED) is 0.775. The molecule has 1 saturated heterocycles. The van der Waals surface area contributed by atoms with Crippen molar-refractivity contribution in [2.75, 3.05) is 13.1 Å². The van der Waals surface area contributed by atoms with Gasteiger partial charge in [-0.1, -0.05) is 5.16 Å². The van der Waals surface area contributed by atoms with E-state index in [1.165, 1.54) is 0 Å². The van der Waals surface area contributed by atoms with Gasteiger partial charge < -0.3 is 14.2 Å². The summed E-state index contributed by atoms with van der Waals surface area (Å²) < 4.78 is 10.7. The number of ether oxygens (including phenoxy) is 1. The molecule has 1 aliphatic carbocycles. The lowest BCUT2D eigenvalue weighted by molar-refractivity contribution is 0.0268. The summed E-state index contributed by atoms with van der Waals surface area (Å²) in [5.74, 6) is 1.74. The summed E-state index contributed by atoms with van der Waals surface area (Å²) in [6.45, 7) is 8.77. The molecule has 2 heterocycles. The van der Waals surface area contributed by atoms with Crippen molar-refractivity contribution in [3.8, 4) is 0 Å². The first-order chi connectivity index (χ1) is 8.80. The van der Waals surface area contributed by atoms with Crippen LogP contribution < -0.4 is 0 Å². The van der Waals surface area contributed by atoms with E-state index >= 15 is 0 Å². The number of fused-ring (bicyclic) bond motifs is 1. The van der Waals surface area contributed by atoms with Crippen LogP contribution in [0.3, 0.4) is 0 Å². The van der Waals surface area contributed by atoms with E-state index < -0.39 is 5.60 Å². The zero-order valence-electron chi connectivity index (χ0n) is 11.8. The maximum atomic E-state index is 12.0. The third-order valence-corrected chi connectivity index (χ3v) is 3.75. The number of carbonyl (C=O) groups is 1. The molecule has 2 aliphatic rings. The highest BCUT2D eigenvalue weighted by atomic mass is 16.6. The fourth-order valence-electron chi connectivity index (χ4n) is 2.78. The predicted molar refractivity (Wildman–Crippen MR) is 66.6 cm³/mol.